The summed E-state index contributed by atoms with van der Waals surface area (Å²) < 4.78 is 59.4. The number of hydrogen-bond donors (Lipinski definition) is 0. The summed E-state index contributed by atoms with van der Waals surface area (Å²) in [6, 6.07) is 0. The first kappa shape index (κ1) is 15.0. The molecule has 11 heteroatoms. The summed E-state index contributed by atoms with van der Waals surface area (Å²) >= 11 is -12.7. The van der Waals surface area contributed by atoms with Crippen molar-refractivity contribution in [1.29, 1.82) is 0 Å². The van der Waals surface area contributed by atoms with Crippen LogP contribution in [0.4, 0.5) is 20.8 Å². The minimum absolute atomic E-state index is 1.62. The fourth-order valence-electron chi connectivity index (χ4n) is 0. The maximum atomic E-state index is 9.91. The molecule has 0 atom stereocenters. The van der Waals surface area contributed by atoms with Gasteiger partial charge in [-0.2, -0.15) is 0 Å². The van der Waals surface area contributed by atoms with Crippen molar-refractivity contribution in [3.8, 4) is 0 Å². The molecule has 0 saturated heterocycles. The first-order valence-electron chi connectivity index (χ1n) is 1.48. The summed E-state index contributed by atoms with van der Waals surface area (Å²) in [6.45, 7) is 0. The molecular formula is AsCl3F6Se. The zero-order valence-electron chi connectivity index (χ0n) is 4.26. The van der Waals surface area contributed by atoms with Crippen LogP contribution in [0, 0.1) is 0 Å². The molecule has 0 fully saturated rings. The van der Waals surface area contributed by atoms with Crippen LogP contribution in [0.3, 0.4) is 0 Å². The third-order valence-electron chi connectivity index (χ3n) is 0. The monoisotopic (exact) mass is 374 g/mol. The van der Waals surface area contributed by atoms with Gasteiger partial charge in [0.25, 0.3) is 0 Å². The van der Waals surface area contributed by atoms with Crippen molar-refractivity contribution in [2.24, 2.45) is 0 Å². The van der Waals surface area contributed by atoms with Gasteiger partial charge in [-0.3, -0.25) is 0 Å². The standard InChI is InChI=1S/AsF6.Cl3Se/c2-1(3,4,5,6)7;1-4(2)3/q-1;+1. The summed E-state index contributed by atoms with van der Waals surface area (Å²) in [5.41, 5.74) is 0. The van der Waals surface area contributed by atoms with Gasteiger partial charge in [0.15, 0.2) is 0 Å². The summed E-state index contributed by atoms with van der Waals surface area (Å²) in [7, 11) is 14.8. The Kier molecular flexibility index (Phi) is 4.58. The molecule has 11 heavy (non-hydrogen) atoms. The topological polar surface area (TPSA) is 0 Å². The second-order valence-corrected chi connectivity index (χ2v) is 13.2. The van der Waals surface area contributed by atoms with Gasteiger partial charge in [0, 0.05) is 0 Å². The molecule has 0 amide bonds. The minimum atomic E-state index is -11.1. The van der Waals surface area contributed by atoms with Crippen molar-refractivity contribution in [2.75, 3.05) is 0 Å². The van der Waals surface area contributed by atoms with Crippen LogP contribution >= 0.6 is 30.3 Å². The van der Waals surface area contributed by atoms with E-state index in [1.54, 1.807) is 0 Å². The molecular weight excluding hydrogens is 374 g/mol. The van der Waals surface area contributed by atoms with Gasteiger partial charge in [-0.25, -0.2) is 0 Å². The molecule has 0 heterocycles. The van der Waals surface area contributed by atoms with E-state index < -0.39 is 25.3 Å². The predicted octanol–water partition coefficient (Wildman–Crippen LogP) is 3.83. The molecule has 0 radical (unpaired) electrons. The van der Waals surface area contributed by atoms with E-state index in [-0.39, 0.29) is 0 Å². The molecule has 0 aromatic rings. The zero-order valence-corrected chi connectivity index (χ0v) is 10.1. The van der Waals surface area contributed by atoms with Crippen molar-refractivity contribution in [3.63, 3.8) is 0 Å². The van der Waals surface area contributed by atoms with Gasteiger partial charge >= 0.3 is 76.4 Å². The molecule has 0 rings (SSSR count). The van der Waals surface area contributed by atoms with Crippen LogP contribution in [-0.4, -0.2) is 25.3 Å². The predicted molar refractivity (Wildman–Crippen MR) is 35.7 cm³/mol. The van der Waals surface area contributed by atoms with Gasteiger partial charge in [-0.15, -0.1) is 0 Å². The van der Waals surface area contributed by atoms with E-state index in [1.807, 2.05) is 0 Å². The fourth-order valence-corrected chi connectivity index (χ4v) is 0. The zero-order chi connectivity index (χ0) is 9.99. The molecule has 0 spiro atoms. The van der Waals surface area contributed by atoms with E-state index in [0.717, 1.165) is 0 Å². The molecule has 74 valence electrons. The molecule has 0 unspecified atom stereocenters. The Bertz CT molecular complexity index is 105. The first-order valence-corrected chi connectivity index (χ1v) is 12.5. The average molecular weight is 374 g/mol. The third-order valence-corrected chi connectivity index (χ3v) is 0. The van der Waals surface area contributed by atoms with Crippen molar-refractivity contribution in [2.45, 2.75) is 0 Å². The van der Waals surface area contributed by atoms with Gasteiger partial charge in [0.2, 0.25) is 0 Å². The maximum absolute atomic E-state index is 11.1. The molecule has 0 aliphatic heterocycles. The van der Waals surface area contributed by atoms with Crippen molar-refractivity contribution < 1.29 is 20.8 Å². The van der Waals surface area contributed by atoms with Crippen molar-refractivity contribution in [3.05, 3.63) is 0 Å². The van der Waals surface area contributed by atoms with E-state index in [2.05, 4.69) is 0 Å². The first-order chi connectivity index (χ1) is 4.18. The van der Waals surface area contributed by atoms with Crippen LogP contribution in [0.5, 0.6) is 0 Å². The normalized spacial score (nSPS) is 18.0. The molecule has 0 saturated carbocycles. The Morgan fingerprint density at radius 3 is 0.727 bits per heavy atom. The van der Waals surface area contributed by atoms with Crippen molar-refractivity contribution >= 4 is 55.6 Å². The average Bonchev–Trinajstić information content (AvgIpc) is 1.11. The second-order valence-electron chi connectivity index (χ2n) is 1.13. The Hall–Kier alpha value is 1.53. The fraction of sp³-hybridized carbons (Fsp3) is 0. The quantitative estimate of drug-likeness (QED) is 0.447. The van der Waals surface area contributed by atoms with E-state index in [9.17, 15) is 20.8 Å². The number of hydrogen-bond acceptors (Lipinski definition) is 0. The van der Waals surface area contributed by atoms with Gasteiger partial charge in [0.1, 0.15) is 0 Å². The van der Waals surface area contributed by atoms with Crippen LogP contribution in [0.15, 0.2) is 0 Å². The van der Waals surface area contributed by atoms with Gasteiger partial charge in [0.05, 0.1) is 0 Å². The molecule has 0 aliphatic rings. The summed E-state index contributed by atoms with van der Waals surface area (Å²) in [4.78, 5) is 0. The number of rotatable bonds is 0. The molecule has 0 bridgehead atoms. The summed E-state index contributed by atoms with van der Waals surface area (Å²) in [5.74, 6) is 0. The Morgan fingerprint density at radius 1 is 0.727 bits per heavy atom. The molecule has 0 aromatic carbocycles. The Balaban J connectivity index is 0. The second kappa shape index (κ2) is 3.35. The van der Waals surface area contributed by atoms with Crippen LogP contribution in [-0.2, 0) is 0 Å². The van der Waals surface area contributed by atoms with E-state index >= 15 is 0 Å². The molecule has 0 aromatic heterocycles. The summed E-state index contributed by atoms with van der Waals surface area (Å²) in [6.07, 6.45) is 0. The Labute approximate surface area is 76.2 Å². The van der Waals surface area contributed by atoms with E-state index in [4.69, 9.17) is 30.3 Å². The molecule has 0 nitrogen and oxygen atoms in total. The third kappa shape index (κ3) is 448. The summed E-state index contributed by atoms with van der Waals surface area (Å²) in [5, 5.41) is 0. The van der Waals surface area contributed by atoms with Crippen LogP contribution in [0.1, 0.15) is 0 Å². The van der Waals surface area contributed by atoms with Crippen LogP contribution in [0.2, 0.25) is 0 Å². The van der Waals surface area contributed by atoms with Crippen LogP contribution < -0.4 is 0 Å². The molecule has 0 aliphatic carbocycles. The van der Waals surface area contributed by atoms with Gasteiger partial charge in [-0.1, -0.05) is 0 Å². The van der Waals surface area contributed by atoms with Crippen molar-refractivity contribution in [1.82, 2.24) is 0 Å². The number of halogens is 9. The molecule has 0 N–H and O–H groups in total. The van der Waals surface area contributed by atoms with E-state index in [0.29, 0.717) is 0 Å². The van der Waals surface area contributed by atoms with Crippen LogP contribution in [0.25, 0.3) is 0 Å². The Morgan fingerprint density at radius 2 is 0.727 bits per heavy atom. The SMILES string of the molecule is Cl[Se+](Cl)Cl.F[As-](F)(F)(F)(F)F. The van der Waals surface area contributed by atoms with Gasteiger partial charge < -0.3 is 0 Å². The van der Waals surface area contributed by atoms with E-state index in [1.165, 1.54) is 0 Å². The van der Waals surface area contributed by atoms with Gasteiger partial charge in [-0.05, 0) is 0 Å².